The number of hydrogen-bond acceptors (Lipinski definition) is 2. The highest BCUT2D eigenvalue weighted by molar-refractivity contribution is 8.12. The van der Waals surface area contributed by atoms with Crippen molar-refractivity contribution >= 4 is 41.5 Å². The zero-order valence-electron chi connectivity index (χ0n) is 8.91. The molecule has 0 saturated carbocycles. The minimum Gasteiger partial charge on any atom is -0.230 e. The van der Waals surface area contributed by atoms with Crippen LogP contribution >= 0.6 is 35.9 Å². The van der Waals surface area contributed by atoms with E-state index in [1.807, 2.05) is 23.5 Å². The Kier molecular flexibility index (Phi) is 10.7. The first-order valence-corrected chi connectivity index (χ1v) is 7.55. The minimum absolute atomic E-state index is 0. The summed E-state index contributed by atoms with van der Waals surface area (Å²) in [5.74, 6) is 2.64. The Balaban J connectivity index is 0.00000169. The van der Waals surface area contributed by atoms with Crippen LogP contribution in [0.5, 0.6) is 0 Å². The predicted octanol–water partition coefficient (Wildman–Crippen LogP) is 3.12. The van der Waals surface area contributed by atoms with E-state index < -0.39 is 0 Å². The maximum absolute atomic E-state index is 2.46. The highest BCUT2D eigenvalue weighted by atomic mass is 35.5. The van der Waals surface area contributed by atoms with Crippen molar-refractivity contribution in [3.63, 3.8) is 0 Å². The maximum Gasteiger partial charge on any atom is 0.198 e. The van der Waals surface area contributed by atoms with Crippen molar-refractivity contribution in [2.75, 3.05) is 30.9 Å². The molecule has 0 aromatic carbocycles. The smallest absolute Gasteiger partial charge is 0.198 e. The zero-order chi connectivity index (χ0) is 9.36. The number of rotatable bonds is 7. The van der Waals surface area contributed by atoms with E-state index >= 15 is 0 Å². The van der Waals surface area contributed by atoms with Gasteiger partial charge in [-0.3, -0.25) is 0 Å². The third kappa shape index (κ3) is 7.02. The highest BCUT2D eigenvalue weighted by Crippen LogP contribution is 2.07. The van der Waals surface area contributed by atoms with Crippen LogP contribution in [-0.2, 0) is 0 Å². The fraction of sp³-hybridized carbons (Fsp3) is 0.900. The summed E-state index contributed by atoms with van der Waals surface area (Å²) in [5.41, 5.74) is 2.29. The summed E-state index contributed by atoms with van der Waals surface area (Å²) in [6, 6.07) is 0. The molecular formula is C10H21ClNS2+. The van der Waals surface area contributed by atoms with Crippen molar-refractivity contribution in [3.05, 3.63) is 0 Å². The Morgan fingerprint density at radius 3 is 2.71 bits per heavy atom. The zero-order valence-corrected chi connectivity index (χ0v) is 11.4. The van der Waals surface area contributed by atoms with Crippen molar-refractivity contribution in [3.8, 4) is 0 Å². The quantitative estimate of drug-likeness (QED) is 0.507. The van der Waals surface area contributed by atoms with Crippen molar-refractivity contribution in [2.45, 2.75) is 25.7 Å². The number of hydrogen-bond donors (Lipinski definition) is 0. The van der Waals surface area contributed by atoms with Crippen LogP contribution in [0.2, 0.25) is 0 Å². The highest BCUT2D eigenvalue weighted by Gasteiger charge is 2.09. The molecule has 0 saturated heterocycles. The lowest BCUT2D eigenvalue weighted by atomic mass is 10.2. The second-order valence-electron chi connectivity index (χ2n) is 3.42. The van der Waals surface area contributed by atoms with Gasteiger partial charge in [-0.15, -0.1) is 12.4 Å². The predicted molar refractivity (Wildman–Crippen MR) is 72.6 cm³/mol. The van der Waals surface area contributed by atoms with E-state index in [9.17, 15) is 0 Å². The standard InChI is InChI=1S/C10H20NS2.ClH/c1-12-8-5-3-2-4-6-11-7-9-13-10-11;/h10H,2-9H2,1H3;1H/q+1;. The van der Waals surface area contributed by atoms with E-state index in [2.05, 4.69) is 16.4 Å². The minimum atomic E-state index is 0. The summed E-state index contributed by atoms with van der Waals surface area (Å²) in [5, 5.41) is 0. The van der Waals surface area contributed by atoms with Crippen LogP contribution in [0.1, 0.15) is 25.7 Å². The van der Waals surface area contributed by atoms with Crippen LogP contribution in [0.3, 0.4) is 0 Å². The number of unbranched alkanes of at least 4 members (excludes halogenated alkanes) is 3. The second-order valence-corrected chi connectivity index (χ2v) is 5.36. The molecule has 0 N–H and O–H groups in total. The number of nitrogens with zero attached hydrogens (tertiary/aromatic N) is 1. The summed E-state index contributed by atoms with van der Waals surface area (Å²) >= 11 is 3.92. The van der Waals surface area contributed by atoms with Gasteiger partial charge in [0, 0.05) is 6.42 Å². The molecular weight excluding hydrogens is 234 g/mol. The first kappa shape index (κ1) is 14.7. The molecule has 4 heteroatoms. The third-order valence-electron chi connectivity index (χ3n) is 2.26. The average molecular weight is 255 g/mol. The topological polar surface area (TPSA) is 3.01 Å². The van der Waals surface area contributed by atoms with Gasteiger partial charge in [0.2, 0.25) is 0 Å². The van der Waals surface area contributed by atoms with Crippen LogP contribution in [0, 0.1) is 0 Å². The van der Waals surface area contributed by atoms with Gasteiger partial charge in [-0.25, -0.2) is 4.58 Å². The van der Waals surface area contributed by atoms with Crippen molar-refractivity contribution in [1.29, 1.82) is 0 Å². The molecule has 0 amide bonds. The largest absolute Gasteiger partial charge is 0.230 e. The molecule has 1 nitrogen and oxygen atoms in total. The molecule has 0 spiro atoms. The van der Waals surface area contributed by atoms with Crippen LogP contribution < -0.4 is 0 Å². The van der Waals surface area contributed by atoms with Crippen molar-refractivity contribution in [1.82, 2.24) is 0 Å². The molecule has 0 fully saturated rings. The fourth-order valence-corrected chi connectivity index (χ4v) is 2.82. The third-order valence-corrected chi connectivity index (χ3v) is 3.83. The number of thioether (sulfide) groups is 2. The van der Waals surface area contributed by atoms with Gasteiger partial charge in [0.15, 0.2) is 12.1 Å². The summed E-state index contributed by atoms with van der Waals surface area (Å²) in [6.07, 6.45) is 7.80. The Morgan fingerprint density at radius 1 is 1.29 bits per heavy atom. The molecule has 0 bridgehead atoms. The van der Waals surface area contributed by atoms with Gasteiger partial charge < -0.3 is 0 Å². The summed E-state index contributed by atoms with van der Waals surface area (Å²) in [7, 11) is 0. The molecule has 1 aliphatic rings. The lowest BCUT2D eigenvalue weighted by Crippen LogP contribution is -2.11. The molecule has 0 unspecified atom stereocenters. The molecule has 1 aliphatic heterocycles. The molecule has 0 atom stereocenters. The van der Waals surface area contributed by atoms with Gasteiger partial charge in [-0.05, 0) is 24.9 Å². The monoisotopic (exact) mass is 254 g/mol. The lowest BCUT2D eigenvalue weighted by molar-refractivity contribution is -0.514. The molecule has 0 radical (unpaired) electrons. The van der Waals surface area contributed by atoms with E-state index in [1.165, 1.54) is 50.3 Å². The summed E-state index contributed by atoms with van der Waals surface area (Å²) < 4.78 is 2.46. The Morgan fingerprint density at radius 2 is 2.07 bits per heavy atom. The average Bonchev–Trinajstić information content (AvgIpc) is 2.63. The Labute approximate surface area is 103 Å². The van der Waals surface area contributed by atoms with Crippen LogP contribution in [0.4, 0.5) is 0 Å². The summed E-state index contributed by atoms with van der Waals surface area (Å²) in [6.45, 7) is 2.56. The van der Waals surface area contributed by atoms with E-state index in [-0.39, 0.29) is 12.4 Å². The van der Waals surface area contributed by atoms with Gasteiger partial charge in [0.25, 0.3) is 0 Å². The van der Waals surface area contributed by atoms with Gasteiger partial charge >= 0.3 is 0 Å². The van der Waals surface area contributed by atoms with Crippen LogP contribution in [-0.4, -0.2) is 41.0 Å². The molecule has 14 heavy (non-hydrogen) atoms. The maximum atomic E-state index is 2.46. The molecule has 0 aromatic rings. The molecule has 84 valence electrons. The van der Waals surface area contributed by atoms with E-state index in [0.717, 1.165) is 0 Å². The SMILES string of the molecule is CSCCCCCC[N+]1=CSCC1.Cl. The van der Waals surface area contributed by atoms with Crippen molar-refractivity contribution in [2.24, 2.45) is 0 Å². The van der Waals surface area contributed by atoms with E-state index in [0.29, 0.717) is 0 Å². The summed E-state index contributed by atoms with van der Waals surface area (Å²) in [4.78, 5) is 0. The Bertz CT molecular complexity index is 162. The lowest BCUT2D eigenvalue weighted by Gasteiger charge is -1.98. The molecule has 1 rings (SSSR count). The molecule has 0 aliphatic carbocycles. The van der Waals surface area contributed by atoms with E-state index in [1.54, 1.807) is 0 Å². The van der Waals surface area contributed by atoms with Crippen LogP contribution in [0.15, 0.2) is 0 Å². The second kappa shape index (κ2) is 10.2. The molecule has 0 aromatic heterocycles. The normalized spacial score (nSPS) is 15.1. The van der Waals surface area contributed by atoms with Gasteiger partial charge in [-0.2, -0.15) is 11.8 Å². The molecule has 1 heterocycles. The van der Waals surface area contributed by atoms with Crippen LogP contribution in [0.25, 0.3) is 0 Å². The van der Waals surface area contributed by atoms with Crippen molar-refractivity contribution < 1.29 is 4.58 Å². The number of halogens is 1. The fourth-order valence-electron chi connectivity index (χ4n) is 1.46. The van der Waals surface area contributed by atoms with Gasteiger partial charge in [0.1, 0.15) is 6.54 Å². The Hall–Kier alpha value is 0.660. The van der Waals surface area contributed by atoms with Gasteiger partial charge in [-0.1, -0.05) is 18.2 Å². The van der Waals surface area contributed by atoms with Gasteiger partial charge in [0.05, 0.1) is 5.75 Å². The first-order chi connectivity index (χ1) is 6.43. The first-order valence-electron chi connectivity index (χ1n) is 5.11. The van der Waals surface area contributed by atoms with E-state index in [4.69, 9.17) is 0 Å².